The van der Waals surface area contributed by atoms with Gasteiger partial charge in [-0.1, -0.05) is 11.6 Å². The van der Waals surface area contributed by atoms with Gasteiger partial charge in [0.05, 0.1) is 0 Å². The van der Waals surface area contributed by atoms with Crippen LogP contribution in [0.25, 0.3) is 0 Å². The van der Waals surface area contributed by atoms with Gasteiger partial charge in [0.15, 0.2) is 0 Å². The van der Waals surface area contributed by atoms with Crippen LogP contribution in [0.2, 0.25) is 5.02 Å². The zero-order chi connectivity index (χ0) is 12.0. The van der Waals surface area contributed by atoms with Gasteiger partial charge in [-0.15, -0.1) is 11.8 Å². The van der Waals surface area contributed by atoms with Gasteiger partial charge in [0.1, 0.15) is 5.54 Å². The molecule has 1 aromatic rings. The van der Waals surface area contributed by atoms with Crippen molar-refractivity contribution in [1.29, 1.82) is 0 Å². The van der Waals surface area contributed by atoms with Gasteiger partial charge in [0, 0.05) is 21.2 Å². The van der Waals surface area contributed by atoms with Crippen molar-refractivity contribution in [2.45, 2.75) is 16.9 Å². The van der Waals surface area contributed by atoms with Crippen LogP contribution in [0.5, 0.6) is 0 Å². The van der Waals surface area contributed by atoms with Gasteiger partial charge in [0.2, 0.25) is 0 Å². The number of imide groups is 1. The first kappa shape index (κ1) is 10.9. The van der Waals surface area contributed by atoms with E-state index in [1.165, 1.54) is 0 Å². The van der Waals surface area contributed by atoms with Crippen molar-refractivity contribution in [2.24, 2.45) is 0 Å². The summed E-state index contributed by atoms with van der Waals surface area (Å²) in [7, 11) is 0. The second-order valence-electron chi connectivity index (χ2n) is 4.05. The minimum Gasteiger partial charge on any atom is -0.319 e. The zero-order valence-electron chi connectivity index (χ0n) is 8.75. The van der Waals surface area contributed by atoms with Crippen LogP contribution in [-0.2, 0) is 10.3 Å². The standard InChI is InChI=1S/C11H9ClN2O2S/c12-6-1-2-8-7(5-6)11(3-4-17-8)9(15)13-10(16)14-11/h1-2,5H,3-4H2,(H2,13,14,15,16). The van der Waals surface area contributed by atoms with Crippen LogP contribution < -0.4 is 10.6 Å². The minimum atomic E-state index is -0.928. The molecule has 0 aliphatic carbocycles. The fourth-order valence-corrected chi connectivity index (χ4v) is 3.62. The fourth-order valence-electron chi connectivity index (χ4n) is 2.27. The van der Waals surface area contributed by atoms with E-state index in [0.717, 1.165) is 16.2 Å². The predicted molar refractivity (Wildman–Crippen MR) is 65.1 cm³/mol. The van der Waals surface area contributed by atoms with Crippen molar-refractivity contribution in [3.05, 3.63) is 28.8 Å². The highest BCUT2D eigenvalue weighted by molar-refractivity contribution is 7.99. The molecule has 2 aliphatic heterocycles. The molecule has 1 unspecified atom stereocenters. The molecule has 2 heterocycles. The quantitative estimate of drug-likeness (QED) is 0.706. The third kappa shape index (κ3) is 1.53. The molecule has 0 bridgehead atoms. The first-order chi connectivity index (χ1) is 8.12. The maximum absolute atomic E-state index is 12.0. The summed E-state index contributed by atoms with van der Waals surface area (Å²) < 4.78 is 0. The van der Waals surface area contributed by atoms with Crippen molar-refractivity contribution in [1.82, 2.24) is 10.6 Å². The van der Waals surface area contributed by atoms with Crippen LogP contribution >= 0.6 is 23.4 Å². The summed E-state index contributed by atoms with van der Waals surface area (Å²) in [6.07, 6.45) is 0.586. The Morgan fingerprint density at radius 1 is 1.35 bits per heavy atom. The molecule has 3 amide bonds. The molecule has 0 saturated carbocycles. The number of hydrogen-bond acceptors (Lipinski definition) is 3. The second kappa shape index (κ2) is 3.65. The Morgan fingerprint density at radius 3 is 2.88 bits per heavy atom. The molecule has 2 N–H and O–H groups in total. The molecule has 2 aliphatic rings. The Bertz CT molecular complexity index is 534. The fraction of sp³-hybridized carbons (Fsp3) is 0.273. The molecule has 1 fully saturated rings. The Kier molecular flexibility index (Phi) is 2.34. The smallest absolute Gasteiger partial charge is 0.319 e. The van der Waals surface area contributed by atoms with Crippen LogP contribution in [0, 0.1) is 0 Å². The van der Waals surface area contributed by atoms with Gasteiger partial charge in [-0.25, -0.2) is 4.79 Å². The summed E-state index contributed by atoms with van der Waals surface area (Å²) >= 11 is 7.64. The zero-order valence-corrected chi connectivity index (χ0v) is 10.3. The number of rotatable bonds is 0. The lowest BCUT2D eigenvalue weighted by Gasteiger charge is -2.32. The van der Waals surface area contributed by atoms with Crippen molar-refractivity contribution < 1.29 is 9.59 Å². The molecule has 1 aromatic carbocycles. The van der Waals surface area contributed by atoms with Crippen molar-refractivity contribution >= 4 is 35.3 Å². The topological polar surface area (TPSA) is 58.2 Å². The average molecular weight is 269 g/mol. The van der Waals surface area contributed by atoms with Crippen LogP contribution in [0.15, 0.2) is 23.1 Å². The van der Waals surface area contributed by atoms with Crippen LogP contribution in [0.4, 0.5) is 4.79 Å². The largest absolute Gasteiger partial charge is 0.322 e. The van der Waals surface area contributed by atoms with E-state index in [1.807, 2.05) is 6.07 Å². The highest BCUT2D eigenvalue weighted by Gasteiger charge is 2.50. The molecule has 1 saturated heterocycles. The number of amides is 3. The van der Waals surface area contributed by atoms with E-state index in [9.17, 15) is 9.59 Å². The highest BCUT2D eigenvalue weighted by atomic mass is 35.5. The predicted octanol–water partition coefficient (Wildman–Crippen LogP) is 1.87. The molecule has 0 aromatic heterocycles. The number of urea groups is 1. The first-order valence-electron chi connectivity index (χ1n) is 5.18. The molecular formula is C11H9ClN2O2S. The summed E-state index contributed by atoms with van der Waals surface area (Å²) in [5, 5.41) is 5.60. The summed E-state index contributed by atoms with van der Waals surface area (Å²) in [4.78, 5) is 24.3. The number of benzene rings is 1. The number of nitrogens with one attached hydrogen (secondary N) is 2. The van der Waals surface area contributed by atoms with Gasteiger partial charge in [-0.2, -0.15) is 0 Å². The van der Waals surface area contributed by atoms with Gasteiger partial charge >= 0.3 is 6.03 Å². The summed E-state index contributed by atoms with van der Waals surface area (Å²) in [6, 6.07) is 5.00. The molecule has 17 heavy (non-hydrogen) atoms. The summed E-state index contributed by atoms with van der Waals surface area (Å²) in [6.45, 7) is 0. The second-order valence-corrected chi connectivity index (χ2v) is 5.63. The molecule has 88 valence electrons. The Labute approximate surface area is 107 Å². The monoisotopic (exact) mass is 268 g/mol. The third-order valence-electron chi connectivity index (χ3n) is 3.08. The molecule has 0 radical (unpaired) electrons. The van der Waals surface area contributed by atoms with Crippen LogP contribution in [-0.4, -0.2) is 17.7 Å². The lowest BCUT2D eigenvalue weighted by molar-refractivity contribution is -0.124. The molecular weight excluding hydrogens is 260 g/mol. The van der Waals surface area contributed by atoms with E-state index in [1.54, 1.807) is 23.9 Å². The number of carbonyl (C=O) groups is 2. The van der Waals surface area contributed by atoms with E-state index in [-0.39, 0.29) is 5.91 Å². The van der Waals surface area contributed by atoms with E-state index < -0.39 is 11.6 Å². The Balaban J connectivity index is 2.19. The summed E-state index contributed by atoms with van der Waals surface area (Å²) in [5.41, 5.74) is -0.132. The lowest BCUT2D eigenvalue weighted by atomic mass is 9.87. The van der Waals surface area contributed by atoms with Crippen molar-refractivity contribution in [3.63, 3.8) is 0 Å². The normalized spacial score (nSPS) is 26.6. The van der Waals surface area contributed by atoms with E-state index >= 15 is 0 Å². The highest BCUT2D eigenvalue weighted by Crippen LogP contribution is 2.42. The average Bonchev–Trinajstić information content (AvgIpc) is 2.56. The third-order valence-corrected chi connectivity index (χ3v) is 4.39. The summed E-state index contributed by atoms with van der Waals surface area (Å²) in [5.74, 6) is 0.508. The Hall–Kier alpha value is -1.20. The maximum Gasteiger partial charge on any atom is 0.322 e. The molecule has 1 spiro atoms. The van der Waals surface area contributed by atoms with Crippen LogP contribution in [0.3, 0.4) is 0 Å². The Morgan fingerprint density at radius 2 is 2.18 bits per heavy atom. The maximum atomic E-state index is 12.0. The molecule has 4 nitrogen and oxygen atoms in total. The van der Waals surface area contributed by atoms with Gasteiger partial charge in [0.25, 0.3) is 5.91 Å². The molecule has 3 rings (SSSR count). The van der Waals surface area contributed by atoms with E-state index in [4.69, 9.17) is 11.6 Å². The minimum absolute atomic E-state index is 0.286. The first-order valence-corrected chi connectivity index (χ1v) is 6.55. The number of carbonyl (C=O) groups excluding carboxylic acids is 2. The van der Waals surface area contributed by atoms with Crippen molar-refractivity contribution in [2.75, 3.05) is 5.75 Å². The number of fused-ring (bicyclic) bond motifs is 2. The molecule has 1 atom stereocenters. The number of halogens is 1. The SMILES string of the molecule is O=C1NC(=O)C2(CCSc3ccc(Cl)cc32)N1. The van der Waals surface area contributed by atoms with E-state index in [0.29, 0.717) is 11.4 Å². The number of thioether (sulfide) groups is 1. The van der Waals surface area contributed by atoms with Crippen molar-refractivity contribution in [3.8, 4) is 0 Å². The molecule has 6 heteroatoms. The van der Waals surface area contributed by atoms with E-state index in [2.05, 4.69) is 10.6 Å². The van der Waals surface area contributed by atoms with Gasteiger partial charge in [-0.05, 0) is 24.6 Å². The lowest BCUT2D eigenvalue weighted by Crippen LogP contribution is -2.46. The van der Waals surface area contributed by atoms with Gasteiger partial charge in [-0.3, -0.25) is 10.1 Å². The van der Waals surface area contributed by atoms with Gasteiger partial charge < -0.3 is 5.32 Å². The van der Waals surface area contributed by atoms with Crippen LogP contribution in [0.1, 0.15) is 12.0 Å². The number of hydrogen-bond donors (Lipinski definition) is 2.